The average molecular weight is 275 g/mol. The minimum absolute atomic E-state index is 0.105. The zero-order chi connectivity index (χ0) is 14.4. The molecular formula is C16H21NO3. The number of carboxylic acid groups (broad SMARTS) is 1. The fourth-order valence-corrected chi connectivity index (χ4v) is 2.38. The van der Waals surface area contributed by atoms with Crippen molar-refractivity contribution in [1.82, 2.24) is 5.32 Å². The first-order valence-electron chi connectivity index (χ1n) is 7.08. The standard InChI is InChI=1S/C16H21NO3/c1-2-11-20-15-6-4-3-5-12(15)7-8-14-13(16(18)19)9-10-17-14/h3-8,13-14,17H,2,9-11H2,1H3,(H,18,19)/b8-7-. The molecule has 4 nitrogen and oxygen atoms in total. The van der Waals surface area contributed by atoms with Crippen LogP contribution in [-0.2, 0) is 4.79 Å². The van der Waals surface area contributed by atoms with Crippen molar-refractivity contribution in [1.29, 1.82) is 0 Å². The summed E-state index contributed by atoms with van der Waals surface area (Å²) in [6.07, 6.45) is 5.52. The second kappa shape index (κ2) is 7.10. The van der Waals surface area contributed by atoms with Crippen molar-refractivity contribution in [2.24, 2.45) is 5.92 Å². The second-order valence-electron chi connectivity index (χ2n) is 4.96. The lowest BCUT2D eigenvalue weighted by Crippen LogP contribution is -2.29. The van der Waals surface area contributed by atoms with E-state index in [1.807, 2.05) is 36.4 Å². The van der Waals surface area contributed by atoms with E-state index < -0.39 is 5.97 Å². The molecule has 0 bridgehead atoms. The molecule has 0 aromatic heterocycles. The molecule has 0 saturated carbocycles. The van der Waals surface area contributed by atoms with E-state index in [9.17, 15) is 4.79 Å². The van der Waals surface area contributed by atoms with E-state index in [2.05, 4.69) is 12.2 Å². The van der Waals surface area contributed by atoms with E-state index in [1.165, 1.54) is 0 Å². The van der Waals surface area contributed by atoms with Crippen LogP contribution in [0.25, 0.3) is 6.08 Å². The van der Waals surface area contributed by atoms with Crippen LogP contribution in [0.4, 0.5) is 0 Å². The van der Waals surface area contributed by atoms with E-state index in [0.717, 1.165) is 24.3 Å². The van der Waals surface area contributed by atoms with E-state index in [-0.39, 0.29) is 12.0 Å². The second-order valence-corrected chi connectivity index (χ2v) is 4.96. The van der Waals surface area contributed by atoms with Crippen LogP contribution in [0.5, 0.6) is 5.75 Å². The number of rotatable bonds is 6. The van der Waals surface area contributed by atoms with Crippen LogP contribution in [-0.4, -0.2) is 30.3 Å². The molecule has 108 valence electrons. The van der Waals surface area contributed by atoms with Crippen LogP contribution in [0.1, 0.15) is 25.3 Å². The Labute approximate surface area is 119 Å². The van der Waals surface area contributed by atoms with Crippen molar-refractivity contribution >= 4 is 12.0 Å². The quantitative estimate of drug-likeness (QED) is 0.837. The first kappa shape index (κ1) is 14.6. The topological polar surface area (TPSA) is 58.6 Å². The first-order chi connectivity index (χ1) is 9.72. The number of hydrogen-bond acceptors (Lipinski definition) is 3. The van der Waals surface area contributed by atoms with Crippen molar-refractivity contribution in [2.45, 2.75) is 25.8 Å². The summed E-state index contributed by atoms with van der Waals surface area (Å²) in [4.78, 5) is 11.1. The van der Waals surface area contributed by atoms with Gasteiger partial charge in [0.05, 0.1) is 12.5 Å². The third-order valence-electron chi connectivity index (χ3n) is 3.45. The monoisotopic (exact) mass is 275 g/mol. The van der Waals surface area contributed by atoms with Gasteiger partial charge in [0.2, 0.25) is 0 Å². The Hall–Kier alpha value is -1.81. The van der Waals surface area contributed by atoms with E-state index in [4.69, 9.17) is 9.84 Å². The lowest BCUT2D eigenvalue weighted by atomic mass is 10.00. The Balaban J connectivity index is 2.09. The smallest absolute Gasteiger partial charge is 0.308 e. The minimum Gasteiger partial charge on any atom is -0.493 e. The summed E-state index contributed by atoms with van der Waals surface area (Å²) < 4.78 is 5.69. The van der Waals surface area contributed by atoms with Crippen LogP contribution in [0, 0.1) is 5.92 Å². The molecule has 2 unspecified atom stereocenters. The highest BCUT2D eigenvalue weighted by molar-refractivity contribution is 5.72. The van der Waals surface area contributed by atoms with Gasteiger partial charge in [-0.15, -0.1) is 0 Å². The molecular weight excluding hydrogens is 254 g/mol. The maximum atomic E-state index is 11.1. The molecule has 0 aliphatic carbocycles. The number of carbonyl (C=O) groups is 1. The Morgan fingerprint density at radius 3 is 3.05 bits per heavy atom. The minimum atomic E-state index is -0.736. The summed E-state index contributed by atoms with van der Waals surface area (Å²) in [5.41, 5.74) is 0.985. The van der Waals surface area contributed by atoms with Gasteiger partial charge in [-0.2, -0.15) is 0 Å². The molecule has 0 radical (unpaired) electrons. The molecule has 1 aromatic carbocycles. The number of para-hydroxylation sites is 1. The number of benzene rings is 1. The highest BCUT2D eigenvalue weighted by Crippen LogP contribution is 2.22. The van der Waals surface area contributed by atoms with E-state index >= 15 is 0 Å². The van der Waals surface area contributed by atoms with Crippen LogP contribution in [0.15, 0.2) is 30.3 Å². The van der Waals surface area contributed by atoms with Crippen molar-refractivity contribution in [2.75, 3.05) is 13.2 Å². The third kappa shape index (κ3) is 3.61. The lowest BCUT2D eigenvalue weighted by molar-refractivity contribution is -0.141. The molecule has 1 aromatic rings. The molecule has 4 heteroatoms. The molecule has 0 amide bonds. The maximum Gasteiger partial charge on any atom is 0.308 e. The van der Waals surface area contributed by atoms with Crippen molar-refractivity contribution in [3.63, 3.8) is 0 Å². The van der Waals surface area contributed by atoms with Gasteiger partial charge in [-0.25, -0.2) is 0 Å². The molecule has 0 spiro atoms. The van der Waals surface area contributed by atoms with E-state index in [1.54, 1.807) is 0 Å². The summed E-state index contributed by atoms with van der Waals surface area (Å²) in [6.45, 7) is 3.50. The van der Waals surface area contributed by atoms with Gasteiger partial charge in [0, 0.05) is 11.6 Å². The Kier molecular flexibility index (Phi) is 5.18. The van der Waals surface area contributed by atoms with Crippen molar-refractivity contribution < 1.29 is 14.6 Å². The molecule has 2 N–H and O–H groups in total. The molecule has 2 rings (SSSR count). The molecule has 1 aliphatic heterocycles. The largest absolute Gasteiger partial charge is 0.493 e. The van der Waals surface area contributed by atoms with Crippen LogP contribution in [0.3, 0.4) is 0 Å². The fraction of sp³-hybridized carbons (Fsp3) is 0.438. The average Bonchev–Trinajstić information content (AvgIpc) is 2.92. The summed E-state index contributed by atoms with van der Waals surface area (Å²) >= 11 is 0. The predicted octanol–water partition coefficient (Wildman–Crippen LogP) is 2.55. The number of nitrogens with one attached hydrogen (secondary N) is 1. The third-order valence-corrected chi connectivity index (χ3v) is 3.45. The zero-order valence-electron chi connectivity index (χ0n) is 11.7. The summed E-state index contributed by atoms with van der Waals surface area (Å²) in [5.74, 6) is -0.231. The number of carboxylic acids is 1. The Bertz CT molecular complexity index is 484. The molecule has 20 heavy (non-hydrogen) atoms. The molecule has 1 heterocycles. The van der Waals surface area contributed by atoms with Crippen LogP contribution >= 0.6 is 0 Å². The van der Waals surface area contributed by atoms with Crippen LogP contribution in [0.2, 0.25) is 0 Å². The maximum absolute atomic E-state index is 11.1. The van der Waals surface area contributed by atoms with Crippen LogP contribution < -0.4 is 10.1 Å². The van der Waals surface area contributed by atoms with E-state index in [0.29, 0.717) is 13.0 Å². The normalized spacial score (nSPS) is 22.2. The fourth-order valence-electron chi connectivity index (χ4n) is 2.38. The molecule has 1 saturated heterocycles. The SMILES string of the molecule is CCCOc1ccccc1/C=C\C1NCCC1C(=O)O. The highest BCUT2D eigenvalue weighted by Gasteiger charge is 2.30. The lowest BCUT2D eigenvalue weighted by Gasteiger charge is -2.12. The Morgan fingerprint density at radius 2 is 2.30 bits per heavy atom. The molecule has 1 aliphatic rings. The predicted molar refractivity (Wildman–Crippen MR) is 78.8 cm³/mol. The summed E-state index contributed by atoms with van der Waals surface area (Å²) in [7, 11) is 0. The first-order valence-corrected chi connectivity index (χ1v) is 7.08. The van der Waals surface area contributed by atoms with Gasteiger partial charge in [-0.05, 0) is 25.5 Å². The number of aliphatic carboxylic acids is 1. The van der Waals surface area contributed by atoms with Crippen molar-refractivity contribution in [3.05, 3.63) is 35.9 Å². The number of hydrogen-bond donors (Lipinski definition) is 2. The van der Waals surface area contributed by atoms with Gasteiger partial charge in [-0.3, -0.25) is 4.79 Å². The molecule has 1 fully saturated rings. The molecule has 2 atom stereocenters. The van der Waals surface area contributed by atoms with Gasteiger partial charge < -0.3 is 15.2 Å². The van der Waals surface area contributed by atoms with Gasteiger partial charge in [0.1, 0.15) is 5.75 Å². The summed E-state index contributed by atoms with van der Waals surface area (Å²) in [5, 5.41) is 12.4. The zero-order valence-corrected chi connectivity index (χ0v) is 11.7. The van der Waals surface area contributed by atoms with Crippen molar-refractivity contribution in [3.8, 4) is 5.75 Å². The highest BCUT2D eigenvalue weighted by atomic mass is 16.5. The Morgan fingerprint density at radius 1 is 1.50 bits per heavy atom. The summed E-state index contributed by atoms with van der Waals surface area (Å²) in [6, 6.07) is 7.70. The van der Waals surface area contributed by atoms with Gasteiger partial charge in [0.25, 0.3) is 0 Å². The van der Waals surface area contributed by atoms with Gasteiger partial charge in [0.15, 0.2) is 0 Å². The number of ether oxygens (including phenoxy) is 1. The van der Waals surface area contributed by atoms with Gasteiger partial charge in [-0.1, -0.05) is 37.3 Å². The van der Waals surface area contributed by atoms with Gasteiger partial charge >= 0.3 is 5.97 Å².